The fraction of sp³-hybridized carbons (Fsp3) is 0.308. The molecule has 1 atom stereocenters. The quantitative estimate of drug-likeness (QED) is 0.683. The molecular weight excluding hydrogens is 206 g/mol. The minimum absolute atomic E-state index is 0.575. The van der Waals surface area contributed by atoms with Gasteiger partial charge in [0.05, 0.1) is 0 Å². The number of fused-ring (bicyclic) bond motifs is 1. The molecule has 0 radical (unpaired) electrons. The van der Waals surface area contributed by atoms with Crippen LogP contribution in [0.1, 0.15) is 31.7 Å². The summed E-state index contributed by atoms with van der Waals surface area (Å²) in [4.78, 5) is 4.10. The van der Waals surface area contributed by atoms with Gasteiger partial charge in [-0.3, -0.25) is 0 Å². The predicted molar refractivity (Wildman–Crippen MR) is 65.5 cm³/mol. The summed E-state index contributed by atoms with van der Waals surface area (Å²) in [5.74, 6) is 0.575. The summed E-state index contributed by atoms with van der Waals surface area (Å²) in [7, 11) is 0. The van der Waals surface area contributed by atoms with Gasteiger partial charge in [0.2, 0.25) is 0 Å². The number of nitrogens with zero attached hydrogens (tertiary/aromatic N) is 1. The molecule has 0 bridgehead atoms. The molecule has 1 aromatic carbocycles. The van der Waals surface area contributed by atoms with E-state index in [4.69, 9.17) is 11.6 Å². The molecule has 2 aromatic rings. The monoisotopic (exact) mass is 219 g/mol. The molecule has 2 rings (SSSR count). The second kappa shape index (κ2) is 4.19. The highest BCUT2D eigenvalue weighted by Gasteiger charge is 2.05. The van der Waals surface area contributed by atoms with Crippen molar-refractivity contribution >= 4 is 22.4 Å². The third-order valence-corrected chi connectivity index (χ3v) is 3.22. The van der Waals surface area contributed by atoms with Crippen molar-refractivity contribution in [1.29, 1.82) is 0 Å². The Morgan fingerprint density at radius 3 is 2.87 bits per heavy atom. The van der Waals surface area contributed by atoms with Gasteiger partial charge >= 0.3 is 0 Å². The van der Waals surface area contributed by atoms with Crippen LogP contribution < -0.4 is 0 Å². The van der Waals surface area contributed by atoms with Crippen LogP contribution in [0.2, 0.25) is 5.15 Å². The Hall–Kier alpha value is -1.08. The molecule has 1 aromatic heterocycles. The van der Waals surface area contributed by atoms with Gasteiger partial charge in [-0.1, -0.05) is 37.6 Å². The van der Waals surface area contributed by atoms with Crippen molar-refractivity contribution in [3.05, 3.63) is 41.2 Å². The normalized spacial score (nSPS) is 13.0. The van der Waals surface area contributed by atoms with Crippen molar-refractivity contribution in [2.75, 3.05) is 0 Å². The third kappa shape index (κ3) is 1.98. The largest absolute Gasteiger partial charge is 0.244 e. The summed E-state index contributed by atoms with van der Waals surface area (Å²) in [6, 6.07) is 8.43. The lowest BCUT2D eigenvalue weighted by molar-refractivity contribution is 0.735. The summed E-state index contributed by atoms with van der Waals surface area (Å²) in [6.07, 6.45) is 2.89. The molecule has 0 fully saturated rings. The molecule has 2 heteroatoms. The summed E-state index contributed by atoms with van der Waals surface area (Å²) in [5.41, 5.74) is 1.33. The van der Waals surface area contributed by atoms with Gasteiger partial charge in [-0.05, 0) is 35.4 Å². The van der Waals surface area contributed by atoms with Gasteiger partial charge in [-0.2, -0.15) is 0 Å². The molecule has 0 aliphatic carbocycles. The standard InChI is InChI=1S/C13H14ClN/c1-3-9(2)11-5-4-10-6-7-15-13(14)12(10)8-11/h4-9H,3H2,1-2H3. The van der Waals surface area contributed by atoms with E-state index < -0.39 is 0 Å². The number of benzene rings is 1. The number of hydrogen-bond acceptors (Lipinski definition) is 1. The van der Waals surface area contributed by atoms with Crippen LogP contribution in [0, 0.1) is 0 Å². The lowest BCUT2D eigenvalue weighted by Gasteiger charge is -2.10. The van der Waals surface area contributed by atoms with Gasteiger partial charge in [-0.25, -0.2) is 4.98 Å². The molecule has 0 spiro atoms. The van der Waals surface area contributed by atoms with Gasteiger partial charge < -0.3 is 0 Å². The minimum atomic E-state index is 0.575. The van der Waals surface area contributed by atoms with Crippen molar-refractivity contribution in [2.24, 2.45) is 0 Å². The Bertz CT molecular complexity index is 479. The highest BCUT2D eigenvalue weighted by atomic mass is 35.5. The predicted octanol–water partition coefficient (Wildman–Crippen LogP) is 4.40. The first kappa shape index (κ1) is 10.4. The van der Waals surface area contributed by atoms with Crippen LogP contribution in [0.4, 0.5) is 0 Å². The first-order chi connectivity index (χ1) is 7.22. The van der Waals surface area contributed by atoms with Gasteiger partial charge in [0.15, 0.2) is 0 Å². The second-order valence-electron chi connectivity index (χ2n) is 3.89. The van der Waals surface area contributed by atoms with Gasteiger partial charge in [0.25, 0.3) is 0 Å². The Balaban J connectivity index is 2.59. The SMILES string of the molecule is CCC(C)c1ccc2ccnc(Cl)c2c1. The Labute approximate surface area is 95.1 Å². The number of hydrogen-bond donors (Lipinski definition) is 0. The van der Waals surface area contributed by atoms with Crippen LogP contribution in [-0.4, -0.2) is 4.98 Å². The summed E-state index contributed by atoms with van der Waals surface area (Å²) in [5, 5.41) is 2.80. The first-order valence-electron chi connectivity index (χ1n) is 5.26. The molecule has 0 saturated heterocycles. The van der Waals surface area contributed by atoms with Crippen LogP contribution in [0.5, 0.6) is 0 Å². The lowest BCUT2D eigenvalue weighted by Crippen LogP contribution is -1.91. The summed E-state index contributed by atoms with van der Waals surface area (Å²) < 4.78 is 0. The molecule has 0 aliphatic rings. The molecule has 1 nitrogen and oxygen atoms in total. The second-order valence-corrected chi connectivity index (χ2v) is 4.25. The highest BCUT2D eigenvalue weighted by Crippen LogP contribution is 2.26. The zero-order valence-corrected chi connectivity index (χ0v) is 9.75. The fourth-order valence-electron chi connectivity index (χ4n) is 1.69. The maximum atomic E-state index is 6.07. The van der Waals surface area contributed by atoms with Gasteiger partial charge in [-0.15, -0.1) is 0 Å². The van der Waals surface area contributed by atoms with Crippen LogP contribution >= 0.6 is 11.6 Å². The Kier molecular flexibility index (Phi) is 2.92. The van der Waals surface area contributed by atoms with E-state index in [-0.39, 0.29) is 0 Å². The molecule has 1 unspecified atom stereocenters. The van der Waals surface area contributed by atoms with E-state index in [1.807, 2.05) is 6.07 Å². The Morgan fingerprint density at radius 1 is 1.33 bits per heavy atom. The van der Waals surface area contributed by atoms with E-state index in [9.17, 15) is 0 Å². The van der Waals surface area contributed by atoms with Crippen LogP contribution in [0.25, 0.3) is 10.8 Å². The van der Waals surface area contributed by atoms with Crippen molar-refractivity contribution in [3.8, 4) is 0 Å². The molecule has 0 saturated carbocycles. The molecule has 1 heterocycles. The third-order valence-electron chi connectivity index (χ3n) is 2.92. The van der Waals surface area contributed by atoms with E-state index in [0.29, 0.717) is 11.1 Å². The lowest BCUT2D eigenvalue weighted by atomic mass is 9.96. The minimum Gasteiger partial charge on any atom is -0.244 e. The van der Waals surface area contributed by atoms with Crippen molar-refractivity contribution in [1.82, 2.24) is 4.98 Å². The van der Waals surface area contributed by atoms with Crippen molar-refractivity contribution in [2.45, 2.75) is 26.2 Å². The van der Waals surface area contributed by atoms with Crippen LogP contribution in [0.15, 0.2) is 30.5 Å². The summed E-state index contributed by atoms with van der Waals surface area (Å²) >= 11 is 6.07. The molecule has 15 heavy (non-hydrogen) atoms. The zero-order chi connectivity index (χ0) is 10.8. The molecule has 0 amide bonds. The topological polar surface area (TPSA) is 12.9 Å². The molecule has 0 N–H and O–H groups in total. The first-order valence-corrected chi connectivity index (χ1v) is 5.64. The van der Waals surface area contributed by atoms with Crippen LogP contribution in [-0.2, 0) is 0 Å². The number of halogens is 1. The maximum Gasteiger partial charge on any atom is 0.136 e. The van der Waals surface area contributed by atoms with Gasteiger partial charge in [0.1, 0.15) is 5.15 Å². The zero-order valence-electron chi connectivity index (χ0n) is 9.00. The fourth-order valence-corrected chi connectivity index (χ4v) is 1.91. The van der Waals surface area contributed by atoms with Gasteiger partial charge in [0, 0.05) is 11.6 Å². The number of rotatable bonds is 2. The molecule has 78 valence electrons. The van der Waals surface area contributed by atoms with E-state index in [1.54, 1.807) is 6.20 Å². The molecule has 0 aliphatic heterocycles. The van der Waals surface area contributed by atoms with Crippen molar-refractivity contribution in [3.63, 3.8) is 0 Å². The van der Waals surface area contributed by atoms with E-state index in [1.165, 1.54) is 5.56 Å². The van der Waals surface area contributed by atoms with E-state index in [0.717, 1.165) is 17.2 Å². The highest BCUT2D eigenvalue weighted by molar-refractivity contribution is 6.34. The molecular formula is C13H14ClN. The Morgan fingerprint density at radius 2 is 2.13 bits per heavy atom. The van der Waals surface area contributed by atoms with Crippen molar-refractivity contribution < 1.29 is 0 Å². The smallest absolute Gasteiger partial charge is 0.136 e. The van der Waals surface area contributed by atoms with E-state index >= 15 is 0 Å². The average molecular weight is 220 g/mol. The summed E-state index contributed by atoms with van der Waals surface area (Å²) in [6.45, 7) is 4.42. The van der Waals surface area contributed by atoms with E-state index in [2.05, 4.69) is 37.0 Å². The maximum absolute atomic E-state index is 6.07. The van der Waals surface area contributed by atoms with Crippen LogP contribution in [0.3, 0.4) is 0 Å². The average Bonchev–Trinajstić information content (AvgIpc) is 2.28. The number of aromatic nitrogens is 1. The number of pyridine rings is 1.